The molecule has 164 valence electrons. The first kappa shape index (κ1) is 21.2. The van der Waals surface area contributed by atoms with Crippen LogP contribution in [0.4, 0.5) is 0 Å². The fourth-order valence-electron chi connectivity index (χ4n) is 3.38. The molecule has 4 aromatic rings. The maximum Gasteiger partial charge on any atom is 0.272 e. The molecule has 2 heterocycles. The molecule has 0 aliphatic heterocycles. The minimum atomic E-state index is -0.251. The molecule has 0 aliphatic rings. The van der Waals surface area contributed by atoms with Crippen LogP contribution in [0.5, 0.6) is 11.5 Å². The summed E-state index contributed by atoms with van der Waals surface area (Å²) in [6, 6.07) is 18.9. The number of methoxy groups -OCH3 is 1. The molecular weight excluding hydrogens is 406 g/mol. The molecule has 0 radical (unpaired) electrons. The zero-order valence-electron chi connectivity index (χ0n) is 18.3. The molecule has 0 unspecified atom stereocenters. The van der Waals surface area contributed by atoms with Crippen molar-refractivity contribution in [1.82, 2.24) is 24.9 Å². The molecule has 1 amide bonds. The number of carbonyl (C=O) groups is 1. The highest BCUT2D eigenvalue weighted by atomic mass is 16.5. The molecule has 0 fully saturated rings. The van der Waals surface area contributed by atoms with Gasteiger partial charge in [-0.05, 0) is 56.3 Å². The smallest absolute Gasteiger partial charge is 0.272 e. The standard InChI is InChI=1S/C24H25N5O3/c1-17-22(18(2)29(26-17)19-7-5-4-6-8-19)15-25-24(30)23-13-14-28(27-23)16-32-21-11-9-20(31-3)10-12-21/h4-14H,15-16H2,1-3H3,(H,25,30). The van der Waals surface area contributed by atoms with Gasteiger partial charge in [-0.25, -0.2) is 9.36 Å². The average molecular weight is 431 g/mol. The zero-order chi connectivity index (χ0) is 22.5. The Bertz CT molecular complexity index is 1200. The third-order valence-electron chi connectivity index (χ3n) is 5.16. The number of hydrogen-bond acceptors (Lipinski definition) is 5. The van der Waals surface area contributed by atoms with Gasteiger partial charge in [-0.1, -0.05) is 18.2 Å². The fourth-order valence-corrected chi connectivity index (χ4v) is 3.38. The van der Waals surface area contributed by atoms with Gasteiger partial charge in [0.2, 0.25) is 0 Å². The third-order valence-corrected chi connectivity index (χ3v) is 5.16. The monoisotopic (exact) mass is 431 g/mol. The van der Waals surface area contributed by atoms with Crippen molar-refractivity contribution in [2.75, 3.05) is 7.11 Å². The first-order valence-electron chi connectivity index (χ1n) is 10.2. The number of para-hydroxylation sites is 1. The molecule has 2 aromatic carbocycles. The summed E-state index contributed by atoms with van der Waals surface area (Å²) in [4.78, 5) is 12.6. The highest BCUT2D eigenvalue weighted by Gasteiger charge is 2.15. The van der Waals surface area contributed by atoms with Crippen LogP contribution in [-0.4, -0.2) is 32.6 Å². The van der Waals surface area contributed by atoms with Gasteiger partial charge in [0.05, 0.1) is 18.5 Å². The molecular formula is C24H25N5O3. The maximum atomic E-state index is 12.6. The van der Waals surface area contributed by atoms with Crippen molar-refractivity contribution >= 4 is 5.91 Å². The fraction of sp³-hybridized carbons (Fsp3) is 0.208. The topological polar surface area (TPSA) is 83.2 Å². The molecule has 0 saturated carbocycles. The van der Waals surface area contributed by atoms with Crippen molar-refractivity contribution in [2.45, 2.75) is 27.1 Å². The minimum absolute atomic E-state index is 0.196. The summed E-state index contributed by atoms with van der Waals surface area (Å²) in [7, 11) is 1.62. The molecule has 8 heteroatoms. The van der Waals surface area contributed by atoms with E-state index < -0.39 is 0 Å². The second-order valence-electron chi connectivity index (χ2n) is 7.27. The number of nitrogens with one attached hydrogen (secondary N) is 1. The van der Waals surface area contributed by atoms with E-state index in [1.807, 2.05) is 73.1 Å². The summed E-state index contributed by atoms with van der Waals surface area (Å²) >= 11 is 0. The van der Waals surface area contributed by atoms with E-state index in [1.165, 1.54) is 0 Å². The molecule has 0 saturated heterocycles. The van der Waals surface area contributed by atoms with Crippen LogP contribution in [0, 0.1) is 13.8 Å². The van der Waals surface area contributed by atoms with Crippen LogP contribution >= 0.6 is 0 Å². The highest BCUT2D eigenvalue weighted by molar-refractivity contribution is 5.92. The Morgan fingerprint density at radius 2 is 1.69 bits per heavy atom. The van der Waals surface area contributed by atoms with E-state index >= 15 is 0 Å². The third kappa shape index (κ3) is 4.64. The van der Waals surface area contributed by atoms with Crippen molar-refractivity contribution in [1.29, 1.82) is 0 Å². The number of ether oxygens (including phenoxy) is 2. The lowest BCUT2D eigenvalue weighted by Gasteiger charge is -2.07. The predicted octanol–water partition coefficient (Wildman–Crippen LogP) is 3.66. The SMILES string of the molecule is COc1ccc(OCn2ccc(C(=O)NCc3c(C)nn(-c4ccccc4)c3C)n2)cc1. The normalized spacial score (nSPS) is 10.7. The first-order chi connectivity index (χ1) is 15.5. The molecule has 0 atom stereocenters. The van der Waals surface area contributed by atoms with Crippen molar-refractivity contribution in [3.05, 3.63) is 89.5 Å². The molecule has 2 aromatic heterocycles. The van der Waals surface area contributed by atoms with E-state index in [2.05, 4.69) is 15.5 Å². The Morgan fingerprint density at radius 1 is 0.969 bits per heavy atom. The van der Waals surface area contributed by atoms with Crippen LogP contribution in [0.3, 0.4) is 0 Å². The number of amides is 1. The summed E-state index contributed by atoms with van der Waals surface area (Å²) < 4.78 is 14.3. The number of benzene rings is 2. The number of carbonyl (C=O) groups excluding carboxylic acids is 1. The van der Waals surface area contributed by atoms with E-state index in [0.717, 1.165) is 28.4 Å². The number of hydrogen-bond donors (Lipinski definition) is 1. The van der Waals surface area contributed by atoms with Gasteiger partial charge in [0.15, 0.2) is 6.73 Å². The lowest BCUT2D eigenvalue weighted by Crippen LogP contribution is -2.24. The molecule has 8 nitrogen and oxygen atoms in total. The van der Waals surface area contributed by atoms with E-state index in [1.54, 1.807) is 24.1 Å². The van der Waals surface area contributed by atoms with Crippen molar-refractivity contribution in [3.63, 3.8) is 0 Å². The summed E-state index contributed by atoms with van der Waals surface area (Å²) in [5.74, 6) is 1.20. The Labute approximate surface area is 186 Å². The van der Waals surface area contributed by atoms with E-state index in [9.17, 15) is 4.79 Å². The Balaban J connectivity index is 1.36. The van der Waals surface area contributed by atoms with Crippen LogP contribution in [0.25, 0.3) is 5.69 Å². The average Bonchev–Trinajstić information content (AvgIpc) is 3.41. The quantitative estimate of drug-likeness (QED) is 0.460. The number of nitrogens with zero attached hydrogens (tertiary/aromatic N) is 4. The minimum Gasteiger partial charge on any atom is -0.497 e. The molecule has 4 rings (SSSR count). The molecule has 0 aliphatic carbocycles. The predicted molar refractivity (Wildman–Crippen MR) is 120 cm³/mol. The van der Waals surface area contributed by atoms with Gasteiger partial charge in [-0.2, -0.15) is 10.2 Å². The van der Waals surface area contributed by atoms with Gasteiger partial charge in [0, 0.05) is 24.0 Å². The summed E-state index contributed by atoms with van der Waals surface area (Å²) in [6.45, 7) is 4.51. The van der Waals surface area contributed by atoms with E-state index in [4.69, 9.17) is 9.47 Å². The van der Waals surface area contributed by atoms with E-state index in [0.29, 0.717) is 18.0 Å². The Morgan fingerprint density at radius 3 is 2.41 bits per heavy atom. The second kappa shape index (κ2) is 9.38. The second-order valence-corrected chi connectivity index (χ2v) is 7.27. The van der Waals surface area contributed by atoms with Crippen molar-refractivity contribution < 1.29 is 14.3 Å². The lowest BCUT2D eigenvalue weighted by molar-refractivity contribution is 0.0943. The maximum absolute atomic E-state index is 12.6. The van der Waals surface area contributed by atoms with Gasteiger partial charge in [0.1, 0.15) is 17.2 Å². The van der Waals surface area contributed by atoms with Gasteiger partial charge < -0.3 is 14.8 Å². The van der Waals surface area contributed by atoms with Crippen LogP contribution in [-0.2, 0) is 13.3 Å². The van der Waals surface area contributed by atoms with Crippen molar-refractivity contribution in [3.8, 4) is 17.2 Å². The lowest BCUT2D eigenvalue weighted by atomic mass is 10.2. The van der Waals surface area contributed by atoms with Crippen molar-refractivity contribution in [2.24, 2.45) is 0 Å². The molecule has 0 bridgehead atoms. The number of aromatic nitrogens is 4. The number of rotatable bonds is 8. The van der Waals surface area contributed by atoms with Crippen LogP contribution in [0.1, 0.15) is 27.4 Å². The highest BCUT2D eigenvalue weighted by Crippen LogP contribution is 2.18. The largest absolute Gasteiger partial charge is 0.497 e. The summed E-state index contributed by atoms with van der Waals surface area (Å²) in [5.41, 5.74) is 4.18. The Kier molecular flexibility index (Phi) is 6.21. The summed E-state index contributed by atoms with van der Waals surface area (Å²) in [5, 5.41) is 11.9. The molecule has 0 spiro atoms. The van der Waals surface area contributed by atoms with Crippen LogP contribution in [0.15, 0.2) is 66.9 Å². The Hall–Kier alpha value is -4.07. The van der Waals surface area contributed by atoms with Crippen LogP contribution in [0.2, 0.25) is 0 Å². The van der Waals surface area contributed by atoms with Crippen LogP contribution < -0.4 is 14.8 Å². The van der Waals surface area contributed by atoms with Gasteiger partial charge in [-0.3, -0.25) is 4.79 Å². The first-order valence-corrected chi connectivity index (χ1v) is 10.2. The van der Waals surface area contributed by atoms with Gasteiger partial charge in [0.25, 0.3) is 5.91 Å². The van der Waals surface area contributed by atoms with Gasteiger partial charge >= 0.3 is 0 Å². The van der Waals surface area contributed by atoms with Gasteiger partial charge in [-0.15, -0.1) is 0 Å². The number of aryl methyl sites for hydroxylation is 1. The van der Waals surface area contributed by atoms with E-state index in [-0.39, 0.29) is 12.6 Å². The summed E-state index contributed by atoms with van der Waals surface area (Å²) in [6.07, 6.45) is 1.71. The molecule has 32 heavy (non-hydrogen) atoms. The zero-order valence-corrected chi connectivity index (χ0v) is 18.3. The molecule has 1 N–H and O–H groups in total.